The molecule has 6 nitrogen and oxygen atoms in total. The Morgan fingerprint density at radius 3 is 2.68 bits per heavy atom. The Kier molecular flexibility index (Phi) is 5.15. The maximum atomic E-state index is 13.2. The fourth-order valence-corrected chi connectivity index (χ4v) is 2.23. The second kappa shape index (κ2) is 7.67. The van der Waals surface area contributed by atoms with Crippen LogP contribution in [0.25, 0.3) is 0 Å². The van der Waals surface area contributed by atoms with Gasteiger partial charge in [0.2, 0.25) is 0 Å². The van der Waals surface area contributed by atoms with Crippen LogP contribution in [0.1, 0.15) is 16.1 Å². The van der Waals surface area contributed by atoms with Crippen molar-refractivity contribution in [3.8, 4) is 0 Å². The minimum Gasteiger partial charge on any atom is -0.347 e. The number of carbonyl (C=O) groups excluding carboxylic acids is 1. The second-order valence-electron chi connectivity index (χ2n) is 5.08. The highest BCUT2D eigenvalue weighted by Gasteiger charge is 2.09. The first-order valence-corrected chi connectivity index (χ1v) is 7.71. The van der Waals surface area contributed by atoms with Crippen LogP contribution in [0.3, 0.4) is 0 Å². The number of rotatable bonds is 5. The highest BCUT2D eigenvalue weighted by molar-refractivity contribution is 6.31. The number of nitrogens with zero attached hydrogens (tertiary/aromatic N) is 3. The van der Waals surface area contributed by atoms with Gasteiger partial charge in [-0.2, -0.15) is 0 Å². The van der Waals surface area contributed by atoms with Gasteiger partial charge in [0.1, 0.15) is 23.7 Å². The largest absolute Gasteiger partial charge is 0.347 e. The first-order valence-electron chi connectivity index (χ1n) is 7.33. The van der Waals surface area contributed by atoms with E-state index in [1.54, 1.807) is 12.4 Å². The quantitative estimate of drug-likeness (QED) is 0.732. The van der Waals surface area contributed by atoms with Crippen LogP contribution in [-0.2, 0) is 6.54 Å². The van der Waals surface area contributed by atoms with Crippen LogP contribution < -0.4 is 10.6 Å². The molecular formula is C17H13ClFN5O. The summed E-state index contributed by atoms with van der Waals surface area (Å²) in [7, 11) is 0. The SMILES string of the molecule is O=C(NCc1ccncc1)c1cc(Nc2ccc(F)c(Cl)c2)ncn1. The maximum Gasteiger partial charge on any atom is 0.270 e. The van der Waals surface area contributed by atoms with Gasteiger partial charge in [-0.25, -0.2) is 14.4 Å². The molecule has 1 amide bonds. The van der Waals surface area contributed by atoms with Gasteiger partial charge in [0.05, 0.1) is 5.02 Å². The summed E-state index contributed by atoms with van der Waals surface area (Å²) in [6, 6.07) is 9.32. The van der Waals surface area contributed by atoms with E-state index in [-0.39, 0.29) is 16.6 Å². The van der Waals surface area contributed by atoms with Crippen LogP contribution in [0.2, 0.25) is 5.02 Å². The summed E-state index contributed by atoms with van der Waals surface area (Å²) in [5.74, 6) is -0.447. The fourth-order valence-electron chi connectivity index (χ4n) is 2.05. The van der Waals surface area contributed by atoms with E-state index in [2.05, 4.69) is 25.6 Å². The molecular weight excluding hydrogens is 345 g/mol. The van der Waals surface area contributed by atoms with Crippen molar-refractivity contribution in [1.29, 1.82) is 0 Å². The van der Waals surface area contributed by atoms with Crippen molar-refractivity contribution >= 4 is 29.0 Å². The highest BCUT2D eigenvalue weighted by atomic mass is 35.5. The topological polar surface area (TPSA) is 79.8 Å². The van der Waals surface area contributed by atoms with Gasteiger partial charge in [0.15, 0.2) is 0 Å². The molecule has 0 saturated heterocycles. The standard InChI is InChI=1S/C17H13ClFN5O/c18-13-7-12(1-2-14(13)19)24-16-8-15(22-10-23-16)17(25)21-9-11-3-5-20-6-4-11/h1-8,10H,9H2,(H,21,25)(H,22,23,24). The van der Waals surface area contributed by atoms with E-state index in [1.807, 2.05) is 12.1 Å². The Labute approximate surface area is 148 Å². The third-order valence-electron chi connectivity index (χ3n) is 3.29. The van der Waals surface area contributed by atoms with Crippen molar-refractivity contribution in [1.82, 2.24) is 20.3 Å². The van der Waals surface area contributed by atoms with Gasteiger partial charge < -0.3 is 10.6 Å². The molecule has 25 heavy (non-hydrogen) atoms. The molecule has 126 valence electrons. The predicted molar refractivity (Wildman–Crippen MR) is 92.1 cm³/mol. The van der Waals surface area contributed by atoms with Crippen LogP contribution in [0.5, 0.6) is 0 Å². The smallest absolute Gasteiger partial charge is 0.270 e. The van der Waals surface area contributed by atoms with Crippen LogP contribution in [0.4, 0.5) is 15.9 Å². The molecule has 3 aromatic rings. The Bertz CT molecular complexity index is 891. The second-order valence-corrected chi connectivity index (χ2v) is 5.49. The zero-order valence-electron chi connectivity index (χ0n) is 12.9. The molecule has 0 aliphatic heterocycles. The lowest BCUT2D eigenvalue weighted by Gasteiger charge is -2.08. The number of amides is 1. The highest BCUT2D eigenvalue weighted by Crippen LogP contribution is 2.21. The predicted octanol–water partition coefficient (Wildman–Crippen LogP) is 3.34. The van der Waals surface area contributed by atoms with E-state index in [0.29, 0.717) is 18.1 Å². The number of hydrogen-bond acceptors (Lipinski definition) is 5. The van der Waals surface area contributed by atoms with Crippen LogP contribution in [-0.4, -0.2) is 20.9 Å². The lowest BCUT2D eigenvalue weighted by Crippen LogP contribution is -2.24. The molecule has 2 N–H and O–H groups in total. The Morgan fingerprint density at radius 1 is 1.12 bits per heavy atom. The van der Waals surface area contributed by atoms with Gasteiger partial charge in [-0.05, 0) is 35.9 Å². The van der Waals surface area contributed by atoms with Gasteiger partial charge >= 0.3 is 0 Å². The van der Waals surface area contributed by atoms with Crippen molar-refractivity contribution in [3.05, 3.63) is 77.2 Å². The number of anilines is 2. The van der Waals surface area contributed by atoms with Gasteiger partial charge in [-0.1, -0.05) is 11.6 Å². The molecule has 0 radical (unpaired) electrons. The number of halogens is 2. The third-order valence-corrected chi connectivity index (χ3v) is 3.58. The van der Waals surface area contributed by atoms with E-state index in [9.17, 15) is 9.18 Å². The van der Waals surface area contributed by atoms with Crippen molar-refractivity contribution in [2.45, 2.75) is 6.54 Å². The zero-order valence-corrected chi connectivity index (χ0v) is 13.7. The monoisotopic (exact) mass is 357 g/mol. The number of benzene rings is 1. The Hall–Kier alpha value is -3.06. The molecule has 0 aliphatic carbocycles. The molecule has 0 atom stereocenters. The lowest BCUT2D eigenvalue weighted by molar-refractivity contribution is 0.0946. The molecule has 0 saturated carbocycles. The molecule has 3 rings (SSSR count). The number of pyridine rings is 1. The molecule has 0 aliphatic rings. The van der Waals surface area contributed by atoms with Gasteiger partial charge in [-0.15, -0.1) is 0 Å². The minimum atomic E-state index is -0.508. The molecule has 2 aromatic heterocycles. The molecule has 1 aromatic carbocycles. The van der Waals surface area contributed by atoms with E-state index >= 15 is 0 Å². The number of aromatic nitrogens is 3. The van der Waals surface area contributed by atoms with E-state index in [1.165, 1.54) is 30.6 Å². The molecule has 0 bridgehead atoms. The summed E-state index contributed by atoms with van der Waals surface area (Å²) < 4.78 is 13.2. The summed E-state index contributed by atoms with van der Waals surface area (Å²) >= 11 is 5.74. The van der Waals surface area contributed by atoms with Crippen molar-refractivity contribution < 1.29 is 9.18 Å². The van der Waals surface area contributed by atoms with E-state index in [4.69, 9.17) is 11.6 Å². The summed E-state index contributed by atoms with van der Waals surface area (Å²) in [4.78, 5) is 24.1. The normalized spacial score (nSPS) is 10.3. The average molecular weight is 358 g/mol. The van der Waals surface area contributed by atoms with Gasteiger partial charge in [0.25, 0.3) is 5.91 Å². The maximum absolute atomic E-state index is 13.2. The summed E-state index contributed by atoms with van der Waals surface area (Å²) in [6.07, 6.45) is 4.58. The number of carbonyl (C=O) groups is 1. The number of nitrogens with one attached hydrogen (secondary N) is 2. The molecule has 0 unspecified atom stereocenters. The van der Waals surface area contributed by atoms with Gasteiger partial charge in [-0.3, -0.25) is 9.78 Å². The van der Waals surface area contributed by atoms with Crippen molar-refractivity contribution in [2.24, 2.45) is 0 Å². The first-order chi connectivity index (χ1) is 12.1. The number of hydrogen-bond donors (Lipinski definition) is 2. The van der Waals surface area contributed by atoms with Gasteiger partial charge in [0, 0.05) is 30.7 Å². The minimum absolute atomic E-state index is 0.00521. The molecule has 2 heterocycles. The fraction of sp³-hybridized carbons (Fsp3) is 0.0588. The Balaban J connectivity index is 1.68. The average Bonchev–Trinajstić information content (AvgIpc) is 2.64. The Morgan fingerprint density at radius 2 is 1.92 bits per heavy atom. The zero-order chi connectivity index (χ0) is 17.6. The first kappa shape index (κ1) is 16.8. The van der Waals surface area contributed by atoms with Crippen LogP contribution in [0, 0.1) is 5.82 Å². The lowest BCUT2D eigenvalue weighted by atomic mass is 10.2. The third kappa shape index (κ3) is 4.48. The van der Waals surface area contributed by atoms with E-state index in [0.717, 1.165) is 5.56 Å². The molecule has 8 heteroatoms. The van der Waals surface area contributed by atoms with Crippen molar-refractivity contribution in [2.75, 3.05) is 5.32 Å². The van der Waals surface area contributed by atoms with Crippen molar-refractivity contribution in [3.63, 3.8) is 0 Å². The summed E-state index contributed by atoms with van der Waals surface area (Å²) in [6.45, 7) is 0.363. The van der Waals surface area contributed by atoms with E-state index < -0.39 is 5.82 Å². The molecule has 0 fully saturated rings. The van der Waals surface area contributed by atoms with Crippen LogP contribution >= 0.6 is 11.6 Å². The summed E-state index contributed by atoms with van der Waals surface area (Å²) in [5, 5.41) is 5.71. The molecule has 0 spiro atoms. The summed E-state index contributed by atoms with van der Waals surface area (Å²) in [5.41, 5.74) is 1.68. The van der Waals surface area contributed by atoms with Crippen LogP contribution in [0.15, 0.2) is 55.1 Å².